The zero-order valence-electron chi connectivity index (χ0n) is 13.3. The Labute approximate surface area is 151 Å². The molecular formula is C17H18Cl2N4O. The molecule has 0 aliphatic carbocycles. The van der Waals surface area contributed by atoms with Crippen LogP contribution in [0, 0.1) is 0 Å². The minimum atomic E-state index is -0.310. The highest BCUT2D eigenvalue weighted by molar-refractivity contribution is 6.44. The van der Waals surface area contributed by atoms with Gasteiger partial charge in [-0.1, -0.05) is 29.3 Å². The number of benzene rings is 1. The molecule has 5 nitrogen and oxygen atoms in total. The number of aromatic nitrogens is 1. The van der Waals surface area contributed by atoms with Crippen LogP contribution in [0.25, 0.3) is 0 Å². The summed E-state index contributed by atoms with van der Waals surface area (Å²) in [4.78, 5) is 21.2. The molecule has 0 unspecified atom stereocenters. The molecule has 3 rings (SSSR count). The Morgan fingerprint density at radius 1 is 1.17 bits per heavy atom. The van der Waals surface area contributed by atoms with Crippen molar-refractivity contribution in [1.82, 2.24) is 9.88 Å². The van der Waals surface area contributed by atoms with Crippen LogP contribution in [0.2, 0.25) is 10.0 Å². The van der Waals surface area contributed by atoms with Crippen molar-refractivity contribution in [3.8, 4) is 0 Å². The molecule has 0 bridgehead atoms. The molecule has 7 heteroatoms. The van der Waals surface area contributed by atoms with Gasteiger partial charge in [0.2, 0.25) is 0 Å². The van der Waals surface area contributed by atoms with Gasteiger partial charge in [0.1, 0.15) is 5.69 Å². The topological polar surface area (TPSA) is 48.5 Å². The summed E-state index contributed by atoms with van der Waals surface area (Å²) in [6, 6.07) is 8.84. The first-order valence-corrected chi connectivity index (χ1v) is 8.45. The van der Waals surface area contributed by atoms with Gasteiger partial charge in [0, 0.05) is 38.1 Å². The molecule has 24 heavy (non-hydrogen) atoms. The summed E-state index contributed by atoms with van der Waals surface area (Å²) in [6.45, 7) is 3.87. The number of likely N-dealkylation sites (N-methyl/N-ethyl adjacent to an activating group) is 1. The SMILES string of the molecule is CN1CCN(c2ccnc(C(=O)Nc3cccc(Cl)c3Cl)c2)CC1. The normalized spacial score (nSPS) is 15.4. The average Bonchev–Trinajstić information content (AvgIpc) is 2.60. The molecule has 126 valence electrons. The molecule has 1 N–H and O–H groups in total. The summed E-state index contributed by atoms with van der Waals surface area (Å²) in [6.07, 6.45) is 1.65. The van der Waals surface area contributed by atoms with Gasteiger partial charge in [0.25, 0.3) is 5.91 Å². The predicted molar refractivity (Wildman–Crippen MR) is 98.4 cm³/mol. The first-order valence-electron chi connectivity index (χ1n) is 7.69. The van der Waals surface area contributed by atoms with Crippen molar-refractivity contribution in [2.45, 2.75) is 0 Å². The largest absolute Gasteiger partial charge is 0.369 e. The Balaban J connectivity index is 1.76. The molecule has 1 amide bonds. The molecule has 1 aromatic heterocycles. The van der Waals surface area contributed by atoms with Gasteiger partial charge in [-0.05, 0) is 31.3 Å². The fraction of sp³-hybridized carbons (Fsp3) is 0.294. The van der Waals surface area contributed by atoms with E-state index in [0.717, 1.165) is 31.9 Å². The second-order valence-electron chi connectivity index (χ2n) is 5.75. The number of piperazine rings is 1. The molecule has 0 spiro atoms. The van der Waals surface area contributed by atoms with Crippen LogP contribution >= 0.6 is 23.2 Å². The third kappa shape index (κ3) is 3.80. The summed E-state index contributed by atoms with van der Waals surface area (Å²) >= 11 is 12.1. The van der Waals surface area contributed by atoms with Crippen LogP contribution in [0.1, 0.15) is 10.5 Å². The van der Waals surface area contributed by atoms with E-state index in [2.05, 4.69) is 27.1 Å². The lowest BCUT2D eigenvalue weighted by Crippen LogP contribution is -2.44. The van der Waals surface area contributed by atoms with Crippen LogP contribution in [0.4, 0.5) is 11.4 Å². The highest BCUT2D eigenvalue weighted by atomic mass is 35.5. The lowest BCUT2D eigenvalue weighted by atomic mass is 10.2. The quantitative estimate of drug-likeness (QED) is 0.906. The molecule has 1 fully saturated rings. The lowest BCUT2D eigenvalue weighted by Gasteiger charge is -2.34. The maximum atomic E-state index is 12.5. The standard InChI is InChI=1S/C17H18Cl2N4O/c1-22-7-9-23(10-8-22)12-5-6-20-15(11-12)17(24)21-14-4-2-3-13(18)16(14)19/h2-6,11H,7-10H2,1H3,(H,21,24). The molecule has 0 radical (unpaired) electrons. The van der Waals surface area contributed by atoms with E-state index in [-0.39, 0.29) is 5.91 Å². The first kappa shape index (κ1) is 17.0. The molecule has 1 saturated heterocycles. The Morgan fingerprint density at radius 3 is 2.67 bits per heavy atom. The zero-order chi connectivity index (χ0) is 17.1. The maximum absolute atomic E-state index is 12.5. The Bertz CT molecular complexity index is 745. The molecule has 1 aliphatic heterocycles. The molecule has 0 saturated carbocycles. The van der Waals surface area contributed by atoms with Crippen molar-refractivity contribution in [2.75, 3.05) is 43.4 Å². The van der Waals surface area contributed by atoms with E-state index in [4.69, 9.17) is 23.2 Å². The minimum absolute atomic E-state index is 0.310. The number of hydrogen-bond acceptors (Lipinski definition) is 4. The number of nitrogens with zero attached hydrogens (tertiary/aromatic N) is 3. The fourth-order valence-electron chi connectivity index (χ4n) is 2.59. The minimum Gasteiger partial charge on any atom is -0.369 e. The number of nitrogens with one attached hydrogen (secondary N) is 1. The van der Waals surface area contributed by atoms with E-state index in [1.807, 2.05) is 6.07 Å². The molecule has 2 heterocycles. The molecule has 0 atom stereocenters. The van der Waals surface area contributed by atoms with Gasteiger partial charge in [-0.3, -0.25) is 9.78 Å². The highest BCUT2D eigenvalue weighted by Crippen LogP contribution is 2.29. The summed E-state index contributed by atoms with van der Waals surface area (Å²) in [5, 5.41) is 3.48. The predicted octanol–water partition coefficient (Wildman–Crippen LogP) is 3.39. The monoisotopic (exact) mass is 364 g/mol. The van der Waals surface area contributed by atoms with E-state index >= 15 is 0 Å². The van der Waals surface area contributed by atoms with Crippen LogP contribution in [-0.2, 0) is 0 Å². The summed E-state index contributed by atoms with van der Waals surface area (Å²) < 4.78 is 0. The van der Waals surface area contributed by atoms with Crippen LogP contribution in [0.15, 0.2) is 36.5 Å². The van der Waals surface area contributed by atoms with Crippen LogP contribution in [-0.4, -0.2) is 49.0 Å². The van der Waals surface area contributed by atoms with Crippen molar-refractivity contribution < 1.29 is 4.79 Å². The van der Waals surface area contributed by atoms with Crippen LogP contribution in [0.5, 0.6) is 0 Å². The van der Waals surface area contributed by atoms with E-state index < -0.39 is 0 Å². The molecular weight excluding hydrogens is 347 g/mol. The molecule has 1 aliphatic rings. The number of hydrogen-bond donors (Lipinski definition) is 1. The van der Waals surface area contributed by atoms with E-state index in [0.29, 0.717) is 21.4 Å². The maximum Gasteiger partial charge on any atom is 0.274 e. The van der Waals surface area contributed by atoms with Crippen molar-refractivity contribution in [1.29, 1.82) is 0 Å². The van der Waals surface area contributed by atoms with Gasteiger partial charge in [-0.2, -0.15) is 0 Å². The third-order valence-corrected chi connectivity index (χ3v) is 4.86. The smallest absolute Gasteiger partial charge is 0.274 e. The van der Waals surface area contributed by atoms with E-state index in [1.165, 1.54) is 0 Å². The van der Waals surface area contributed by atoms with Gasteiger partial charge in [-0.25, -0.2) is 0 Å². The van der Waals surface area contributed by atoms with Gasteiger partial charge in [0.05, 0.1) is 15.7 Å². The van der Waals surface area contributed by atoms with Crippen LogP contribution < -0.4 is 10.2 Å². The molecule has 2 aromatic rings. The first-order chi connectivity index (χ1) is 11.5. The van der Waals surface area contributed by atoms with Gasteiger partial charge in [0.15, 0.2) is 0 Å². The zero-order valence-corrected chi connectivity index (χ0v) is 14.8. The van der Waals surface area contributed by atoms with Gasteiger partial charge >= 0.3 is 0 Å². The van der Waals surface area contributed by atoms with Gasteiger partial charge < -0.3 is 15.1 Å². The van der Waals surface area contributed by atoms with Crippen molar-refractivity contribution in [2.24, 2.45) is 0 Å². The number of anilines is 2. The highest BCUT2D eigenvalue weighted by Gasteiger charge is 2.17. The number of halogens is 2. The number of carbonyl (C=O) groups excluding carboxylic acids is 1. The summed E-state index contributed by atoms with van der Waals surface area (Å²) in [7, 11) is 2.11. The second-order valence-corrected chi connectivity index (χ2v) is 6.53. The number of rotatable bonds is 3. The third-order valence-electron chi connectivity index (χ3n) is 4.04. The van der Waals surface area contributed by atoms with Crippen molar-refractivity contribution >= 4 is 40.5 Å². The average molecular weight is 365 g/mol. The summed E-state index contributed by atoms with van der Waals surface area (Å²) in [5.74, 6) is -0.310. The van der Waals surface area contributed by atoms with Crippen molar-refractivity contribution in [3.63, 3.8) is 0 Å². The molecule has 1 aromatic carbocycles. The number of amides is 1. The second kappa shape index (κ2) is 7.38. The van der Waals surface area contributed by atoms with Crippen LogP contribution in [0.3, 0.4) is 0 Å². The summed E-state index contributed by atoms with van der Waals surface area (Å²) in [5.41, 5.74) is 1.82. The van der Waals surface area contributed by atoms with E-state index in [9.17, 15) is 4.79 Å². The van der Waals surface area contributed by atoms with Gasteiger partial charge in [-0.15, -0.1) is 0 Å². The number of carbonyl (C=O) groups is 1. The Hall–Kier alpha value is -1.82. The lowest BCUT2D eigenvalue weighted by molar-refractivity contribution is 0.102. The number of pyridine rings is 1. The van der Waals surface area contributed by atoms with E-state index in [1.54, 1.807) is 30.5 Å². The Morgan fingerprint density at radius 2 is 1.92 bits per heavy atom. The Kier molecular flexibility index (Phi) is 5.23. The fourth-order valence-corrected chi connectivity index (χ4v) is 2.94. The van der Waals surface area contributed by atoms with Crippen molar-refractivity contribution in [3.05, 3.63) is 52.3 Å².